The molecule has 0 aromatic heterocycles. The summed E-state index contributed by atoms with van der Waals surface area (Å²) in [5.74, 6) is 2.24. The predicted octanol–water partition coefficient (Wildman–Crippen LogP) is 11.1. The standard InChI is InChI=1S/C16H16Br2O4S2.C16H16Br2S2/c17-13-5-3-7-15(11-13)23(19,20)9-1-2-10-24(21,22)16-8-4-6-14(18)12-16;17-13-5-3-7-15(11-13)19-9-1-2-10-20-16-8-4-6-14(18)12-16/h3-8,11-12H,1-2,9-10H2;3-8,11-12H,1-2,9-10H2. The molecule has 0 aliphatic heterocycles. The lowest BCUT2D eigenvalue weighted by molar-refractivity contribution is 0.585. The normalized spacial score (nSPS) is 11.5. The fraction of sp³-hybridized carbons (Fsp3) is 0.250. The molecule has 0 heterocycles. The Balaban J connectivity index is 0.000000244. The van der Waals surface area contributed by atoms with E-state index in [0.29, 0.717) is 21.8 Å². The molecule has 0 radical (unpaired) electrons. The van der Waals surface area contributed by atoms with Gasteiger partial charge in [0, 0.05) is 27.7 Å². The van der Waals surface area contributed by atoms with Crippen LogP contribution in [-0.2, 0) is 19.7 Å². The van der Waals surface area contributed by atoms with E-state index in [1.54, 1.807) is 48.5 Å². The maximum Gasteiger partial charge on any atom is 0.178 e. The highest BCUT2D eigenvalue weighted by molar-refractivity contribution is 9.11. The van der Waals surface area contributed by atoms with Gasteiger partial charge in [-0.15, -0.1) is 23.5 Å². The number of hydrogen-bond acceptors (Lipinski definition) is 6. The van der Waals surface area contributed by atoms with E-state index < -0.39 is 19.7 Å². The van der Waals surface area contributed by atoms with E-state index in [-0.39, 0.29) is 21.3 Å². The van der Waals surface area contributed by atoms with Gasteiger partial charge in [-0.2, -0.15) is 0 Å². The van der Waals surface area contributed by atoms with Crippen LogP contribution in [0.1, 0.15) is 25.7 Å². The first-order valence-electron chi connectivity index (χ1n) is 13.7. The molecule has 0 saturated carbocycles. The van der Waals surface area contributed by atoms with E-state index in [1.165, 1.54) is 34.1 Å². The quantitative estimate of drug-likeness (QED) is 0.0927. The number of rotatable bonds is 14. The Morgan fingerprint density at radius 1 is 0.455 bits per heavy atom. The van der Waals surface area contributed by atoms with Gasteiger partial charge >= 0.3 is 0 Å². The van der Waals surface area contributed by atoms with Crippen molar-refractivity contribution in [3.63, 3.8) is 0 Å². The minimum Gasteiger partial charge on any atom is -0.224 e. The molecular formula is C32H32Br4O4S4. The van der Waals surface area contributed by atoms with E-state index in [4.69, 9.17) is 0 Å². The summed E-state index contributed by atoms with van der Waals surface area (Å²) in [6.45, 7) is 0. The summed E-state index contributed by atoms with van der Waals surface area (Å²) in [6, 6.07) is 30.0. The van der Waals surface area contributed by atoms with Crippen molar-refractivity contribution in [2.75, 3.05) is 23.0 Å². The van der Waals surface area contributed by atoms with Crippen molar-refractivity contribution in [3.8, 4) is 0 Å². The van der Waals surface area contributed by atoms with Crippen LogP contribution in [0.15, 0.2) is 135 Å². The summed E-state index contributed by atoms with van der Waals surface area (Å²) in [5.41, 5.74) is 0. The number of benzene rings is 4. The van der Waals surface area contributed by atoms with Gasteiger partial charge in [0.1, 0.15) is 0 Å². The van der Waals surface area contributed by atoms with E-state index in [2.05, 4.69) is 112 Å². The minimum absolute atomic E-state index is 0.0720. The average molecular weight is 928 g/mol. The van der Waals surface area contributed by atoms with Gasteiger partial charge < -0.3 is 0 Å². The molecule has 0 fully saturated rings. The van der Waals surface area contributed by atoms with Gasteiger partial charge in [0.2, 0.25) is 0 Å². The molecule has 0 aliphatic rings. The number of hydrogen-bond donors (Lipinski definition) is 0. The van der Waals surface area contributed by atoms with Crippen molar-refractivity contribution in [3.05, 3.63) is 115 Å². The lowest BCUT2D eigenvalue weighted by Crippen LogP contribution is -2.11. The summed E-state index contributed by atoms with van der Waals surface area (Å²) < 4.78 is 52.7. The molecule has 0 amide bonds. The van der Waals surface area contributed by atoms with Crippen molar-refractivity contribution >= 4 is 107 Å². The van der Waals surface area contributed by atoms with E-state index >= 15 is 0 Å². The second kappa shape index (κ2) is 19.3. The van der Waals surface area contributed by atoms with Crippen LogP contribution in [0.5, 0.6) is 0 Å². The molecule has 4 aromatic rings. The lowest BCUT2D eigenvalue weighted by atomic mass is 10.4. The molecule has 236 valence electrons. The molecule has 44 heavy (non-hydrogen) atoms. The average Bonchev–Trinajstić information content (AvgIpc) is 2.98. The van der Waals surface area contributed by atoms with Crippen molar-refractivity contribution < 1.29 is 16.8 Å². The van der Waals surface area contributed by atoms with Crippen LogP contribution in [0, 0.1) is 0 Å². The van der Waals surface area contributed by atoms with Gasteiger partial charge in [0.25, 0.3) is 0 Å². The number of sulfone groups is 2. The highest BCUT2D eigenvalue weighted by Crippen LogP contribution is 2.26. The van der Waals surface area contributed by atoms with Crippen LogP contribution in [0.3, 0.4) is 0 Å². The first-order chi connectivity index (χ1) is 20.9. The van der Waals surface area contributed by atoms with Crippen LogP contribution >= 0.6 is 87.2 Å². The zero-order chi connectivity index (χ0) is 32.0. The molecule has 0 bridgehead atoms. The lowest BCUT2D eigenvalue weighted by Gasteiger charge is -2.07. The predicted molar refractivity (Wildman–Crippen MR) is 201 cm³/mol. The fourth-order valence-electron chi connectivity index (χ4n) is 3.84. The zero-order valence-electron chi connectivity index (χ0n) is 23.7. The van der Waals surface area contributed by atoms with Gasteiger partial charge in [-0.25, -0.2) is 16.8 Å². The summed E-state index contributed by atoms with van der Waals surface area (Å²) >= 11 is 17.4. The Hall–Kier alpha value is -0.600. The van der Waals surface area contributed by atoms with Gasteiger partial charge in [0.05, 0.1) is 21.3 Å². The van der Waals surface area contributed by atoms with Gasteiger partial charge in [-0.05, 0) is 110 Å². The van der Waals surface area contributed by atoms with Gasteiger partial charge in [-0.1, -0.05) is 88.0 Å². The third kappa shape index (κ3) is 14.0. The Labute approximate surface area is 303 Å². The molecule has 0 saturated heterocycles. The molecule has 0 atom stereocenters. The van der Waals surface area contributed by atoms with E-state index in [1.807, 2.05) is 23.5 Å². The van der Waals surface area contributed by atoms with Gasteiger partial charge in [0.15, 0.2) is 19.7 Å². The number of halogens is 4. The Morgan fingerprint density at radius 3 is 1.14 bits per heavy atom. The smallest absolute Gasteiger partial charge is 0.178 e. The summed E-state index contributed by atoms with van der Waals surface area (Å²) in [4.78, 5) is 3.18. The molecule has 4 nitrogen and oxygen atoms in total. The first-order valence-corrected chi connectivity index (χ1v) is 22.1. The molecule has 0 unspecified atom stereocenters. The van der Waals surface area contributed by atoms with Crippen LogP contribution in [0.25, 0.3) is 0 Å². The maximum absolute atomic E-state index is 12.2. The minimum atomic E-state index is -3.40. The molecule has 0 aliphatic carbocycles. The van der Waals surface area contributed by atoms with Crippen LogP contribution in [-0.4, -0.2) is 39.8 Å². The molecule has 4 rings (SSSR count). The van der Waals surface area contributed by atoms with Crippen molar-refractivity contribution in [1.29, 1.82) is 0 Å². The second-order valence-corrected chi connectivity index (χ2v) is 19.8. The fourth-order valence-corrected chi connectivity index (χ4v) is 10.8. The molecule has 0 N–H and O–H groups in total. The highest BCUT2D eigenvalue weighted by Gasteiger charge is 2.17. The molecule has 12 heteroatoms. The highest BCUT2D eigenvalue weighted by atomic mass is 79.9. The van der Waals surface area contributed by atoms with Crippen molar-refractivity contribution in [2.45, 2.75) is 45.3 Å². The molecule has 4 aromatic carbocycles. The largest absolute Gasteiger partial charge is 0.224 e. The summed E-state index contributed by atoms with van der Waals surface area (Å²) in [7, 11) is -6.81. The Morgan fingerprint density at radius 2 is 0.795 bits per heavy atom. The zero-order valence-corrected chi connectivity index (χ0v) is 33.3. The number of thioether (sulfide) groups is 2. The third-order valence-corrected chi connectivity index (χ3v) is 13.8. The van der Waals surface area contributed by atoms with E-state index in [0.717, 1.165) is 8.95 Å². The summed E-state index contributed by atoms with van der Waals surface area (Å²) in [6.07, 6.45) is 3.11. The summed E-state index contributed by atoms with van der Waals surface area (Å²) in [5, 5.41) is 0. The Bertz CT molecular complexity index is 1590. The van der Waals surface area contributed by atoms with Crippen molar-refractivity contribution in [2.24, 2.45) is 0 Å². The Kier molecular flexibility index (Phi) is 16.6. The van der Waals surface area contributed by atoms with Crippen LogP contribution in [0.2, 0.25) is 0 Å². The monoisotopic (exact) mass is 924 g/mol. The molecular weight excluding hydrogens is 896 g/mol. The second-order valence-electron chi connectivity index (χ2n) is 9.58. The number of unbranched alkanes of at least 4 members (excludes halogenated alkanes) is 2. The topological polar surface area (TPSA) is 68.3 Å². The van der Waals surface area contributed by atoms with Gasteiger partial charge in [-0.3, -0.25) is 0 Å². The van der Waals surface area contributed by atoms with Crippen LogP contribution in [0.4, 0.5) is 0 Å². The van der Waals surface area contributed by atoms with E-state index in [9.17, 15) is 16.8 Å². The first kappa shape index (κ1) is 37.9. The molecule has 0 spiro atoms. The SMILES string of the molecule is Brc1cccc(SCCCCSc2cccc(Br)c2)c1.O=S(=O)(CCCCS(=O)(=O)c1cccc(Br)c1)c1cccc(Br)c1. The van der Waals surface area contributed by atoms with Crippen molar-refractivity contribution in [1.82, 2.24) is 0 Å². The maximum atomic E-state index is 12.2. The third-order valence-electron chi connectivity index (χ3n) is 6.05. The van der Waals surface area contributed by atoms with Crippen LogP contribution < -0.4 is 0 Å².